The summed E-state index contributed by atoms with van der Waals surface area (Å²) in [4.78, 5) is 16.0. The minimum atomic E-state index is 0.730. The van der Waals surface area contributed by atoms with Gasteiger partial charge in [-0.1, -0.05) is 12.1 Å². The largest absolute Gasteiger partial charge is 0.330 e. The number of hydrogen-bond acceptors (Lipinski definition) is 5. The lowest BCUT2D eigenvalue weighted by molar-refractivity contribution is 0.245. The van der Waals surface area contributed by atoms with Crippen molar-refractivity contribution in [1.82, 2.24) is 19.9 Å². The molecule has 0 aliphatic rings. The lowest BCUT2D eigenvalue weighted by atomic mass is 10.1. The normalized spacial score (nSPS) is 11.1. The fraction of sp³-hybridized carbons (Fsp3) is 0.318. The first-order chi connectivity index (χ1) is 13.3. The highest BCUT2D eigenvalue weighted by molar-refractivity contribution is 5.57. The van der Waals surface area contributed by atoms with Gasteiger partial charge in [0.05, 0.1) is 17.1 Å². The van der Waals surface area contributed by atoms with Gasteiger partial charge in [-0.3, -0.25) is 19.9 Å². The van der Waals surface area contributed by atoms with Crippen LogP contribution in [0, 0.1) is 6.92 Å². The van der Waals surface area contributed by atoms with Crippen molar-refractivity contribution in [3.63, 3.8) is 0 Å². The summed E-state index contributed by atoms with van der Waals surface area (Å²) >= 11 is 0. The number of aryl methyl sites for hydroxylation is 1. The highest BCUT2D eigenvalue weighted by Gasteiger charge is 2.11. The predicted octanol–water partition coefficient (Wildman–Crippen LogP) is 3.59. The van der Waals surface area contributed by atoms with Crippen LogP contribution in [0.1, 0.15) is 29.8 Å². The molecule has 0 saturated heterocycles. The third-order valence-electron chi connectivity index (χ3n) is 4.59. The van der Waals surface area contributed by atoms with Crippen LogP contribution in [0.15, 0.2) is 61.1 Å². The molecule has 5 heteroatoms. The Labute approximate surface area is 161 Å². The zero-order chi connectivity index (χ0) is 18.9. The van der Waals surface area contributed by atoms with Gasteiger partial charge in [0.1, 0.15) is 0 Å². The Hall–Kier alpha value is -2.63. The van der Waals surface area contributed by atoms with Crippen molar-refractivity contribution in [3.8, 4) is 11.3 Å². The molecule has 0 bridgehead atoms. The molecule has 0 amide bonds. The molecule has 0 aromatic carbocycles. The number of aromatic nitrogens is 3. The Kier molecular flexibility index (Phi) is 7.02. The van der Waals surface area contributed by atoms with Crippen molar-refractivity contribution in [3.05, 3.63) is 78.0 Å². The molecule has 3 aromatic rings. The van der Waals surface area contributed by atoms with E-state index in [0.717, 1.165) is 61.7 Å². The van der Waals surface area contributed by atoms with Gasteiger partial charge in [0.2, 0.25) is 0 Å². The van der Waals surface area contributed by atoms with E-state index in [-0.39, 0.29) is 0 Å². The summed E-state index contributed by atoms with van der Waals surface area (Å²) < 4.78 is 0. The first-order valence-electron chi connectivity index (χ1n) is 9.45. The molecule has 0 radical (unpaired) electrons. The van der Waals surface area contributed by atoms with Crippen LogP contribution >= 0.6 is 0 Å². The molecule has 3 aromatic heterocycles. The molecule has 3 rings (SSSR count). The monoisotopic (exact) mass is 361 g/mol. The van der Waals surface area contributed by atoms with Gasteiger partial charge in [-0.15, -0.1) is 0 Å². The van der Waals surface area contributed by atoms with Crippen LogP contribution in [0.5, 0.6) is 0 Å². The predicted molar refractivity (Wildman–Crippen MR) is 109 cm³/mol. The van der Waals surface area contributed by atoms with Crippen LogP contribution in [-0.4, -0.2) is 32.9 Å². The van der Waals surface area contributed by atoms with E-state index in [1.54, 1.807) is 6.20 Å². The Bertz CT molecular complexity index is 818. The number of rotatable bonds is 9. The molecule has 0 aliphatic carbocycles. The minimum Gasteiger partial charge on any atom is -0.330 e. The van der Waals surface area contributed by atoms with E-state index in [0.29, 0.717) is 0 Å². The van der Waals surface area contributed by atoms with Crippen LogP contribution < -0.4 is 5.73 Å². The zero-order valence-electron chi connectivity index (χ0n) is 15.9. The molecule has 0 saturated carbocycles. The number of unbranched alkanes of at least 4 members (excludes halogenated alkanes) is 1. The molecular formula is C22H27N5. The fourth-order valence-electron chi connectivity index (χ4n) is 3.02. The number of pyridine rings is 3. The van der Waals surface area contributed by atoms with Gasteiger partial charge in [0.25, 0.3) is 0 Å². The van der Waals surface area contributed by atoms with Crippen LogP contribution in [-0.2, 0) is 13.1 Å². The van der Waals surface area contributed by atoms with Crippen LogP contribution in [0.4, 0.5) is 0 Å². The summed E-state index contributed by atoms with van der Waals surface area (Å²) in [5.74, 6) is 0. The van der Waals surface area contributed by atoms with Gasteiger partial charge in [-0.25, -0.2) is 0 Å². The summed E-state index contributed by atoms with van der Waals surface area (Å²) in [6, 6.07) is 14.2. The van der Waals surface area contributed by atoms with E-state index in [1.807, 2.05) is 36.7 Å². The Morgan fingerprint density at radius 2 is 1.78 bits per heavy atom. The third-order valence-corrected chi connectivity index (χ3v) is 4.59. The maximum Gasteiger partial charge on any atom is 0.0717 e. The zero-order valence-corrected chi connectivity index (χ0v) is 15.9. The van der Waals surface area contributed by atoms with Gasteiger partial charge in [-0.2, -0.15) is 0 Å². The molecule has 0 spiro atoms. The Morgan fingerprint density at radius 3 is 2.48 bits per heavy atom. The van der Waals surface area contributed by atoms with Crippen molar-refractivity contribution in [1.29, 1.82) is 0 Å². The maximum atomic E-state index is 5.67. The van der Waals surface area contributed by atoms with E-state index < -0.39 is 0 Å². The molecule has 0 unspecified atom stereocenters. The summed E-state index contributed by atoms with van der Waals surface area (Å²) in [6.07, 6.45) is 7.68. The van der Waals surface area contributed by atoms with Crippen molar-refractivity contribution in [2.45, 2.75) is 32.9 Å². The Morgan fingerprint density at radius 1 is 0.889 bits per heavy atom. The number of nitrogens with two attached hydrogens (primary N) is 1. The van der Waals surface area contributed by atoms with E-state index in [1.165, 1.54) is 5.56 Å². The second-order valence-corrected chi connectivity index (χ2v) is 6.73. The SMILES string of the molecule is Cc1cccnc1CN(CCCCN)Cc1ccc(-c2ccccn2)cn1. The van der Waals surface area contributed by atoms with E-state index in [9.17, 15) is 0 Å². The molecule has 140 valence electrons. The van der Waals surface area contributed by atoms with Crippen LogP contribution in [0.25, 0.3) is 11.3 Å². The quantitative estimate of drug-likeness (QED) is 0.590. The topological polar surface area (TPSA) is 67.9 Å². The van der Waals surface area contributed by atoms with Gasteiger partial charge >= 0.3 is 0 Å². The molecule has 0 fully saturated rings. The summed E-state index contributed by atoms with van der Waals surface area (Å²) in [5.41, 5.74) is 11.0. The molecule has 27 heavy (non-hydrogen) atoms. The second kappa shape index (κ2) is 9.90. The summed E-state index contributed by atoms with van der Waals surface area (Å²) in [7, 11) is 0. The molecule has 0 atom stereocenters. The van der Waals surface area contributed by atoms with Crippen LogP contribution in [0.2, 0.25) is 0 Å². The molecular weight excluding hydrogens is 334 g/mol. The first kappa shape index (κ1) is 19.1. The standard InChI is InChI=1S/C22H27N5/c1-18-7-6-13-25-22(18)17-27(14-5-3-11-23)16-20-10-9-19(15-26-20)21-8-2-4-12-24-21/h2,4,6-10,12-13,15H,3,5,11,14,16-17,23H2,1H3. The van der Waals surface area contributed by atoms with E-state index >= 15 is 0 Å². The highest BCUT2D eigenvalue weighted by atomic mass is 15.1. The second-order valence-electron chi connectivity index (χ2n) is 6.73. The average molecular weight is 361 g/mol. The van der Waals surface area contributed by atoms with Gasteiger partial charge in [0, 0.05) is 37.2 Å². The van der Waals surface area contributed by atoms with Crippen molar-refractivity contribution < 1.29 is 0 Å². The van der Waals surface area contributed by atoms with Crippen molar-refractivity contribution in [2.24, 2.45) is 5.73 Å². The van der Waals surface area contributed by atoms with E-state index in [4.69, 9.17) is 5.73 Å². The van der Waals surface area contributed by atoms with Gasteiger partial charge in [0.15, 0.2) is 0 Å². The summed E-state index contributed by atoms with van der Waals surface area (Å²) in [5, 5.41) is 0. The first-order valence-corrected chi connectivity index (χ1v) is 9.45. The lowest BCUT2D eigenvalue weighted by Gasteiger charge is -2.22. The fourth-order valence-corrected chi connectivity index (χ4v) is 3.02. The summed E-state index contributed by atoms with van der Waals surface area (Å²) in [6.45, 7) is 5.44. The smallest absolute Gasteiger partial charge is 0.0717 e. The minimum absolute atomic E-state index is 0.730. The maximum absolute atomic E-state index is 5.67. The molecule has 5 nitrogen and oxygen atoms in total. The molecule has 3 heterocycles. The number of hydrogen-bond donors (Lipinski definition) is 1. The van der Waals surface area contributed by atoms with Gasteiger partial charge < -0.3 is 5.73 Å². The van der Waals surface area contributed by atoms with Crippen molar-refractivity contribution in [2.75, 3.05) is 13.1 Å². The Balaban J connectivity index is 1.70. The highest BCUT2D eigenvalue weighted by Crippen LogP contribution is 2.17. The molecule has 0 aliphatic heterocycles. The number of nitrogens with zero attached hydrogens (tertiary/aromatic N) is 4. The van der Waals surface area contributed by atoms with Crippen molar-refractivity contribution >= 4 is 0 Å². The lowest BCUT2D eigenvalue weighted by Crippen LogP contribution is -2.26. The average Bonchev–Trinajstić information content (AvgIpc) is 2.71. The van der Waals surface area contributed by atoms with E-state index in [2.05, 4.69) is 45.0 Å². The van der Waals surface area contributed by atoms with Gasteiger partial charge in [-0.05, 0) is 68.8 Å². The third kappa shape index (κ3) is 5.67. The molecule has 2 N–H and O–H groups in total. The van der Waals surface area contributed by atoms with Crippen LogP contribution in [0.3, 0.4) is 0 Å².